The van der Waals surface area contributed by atoms with E-state index >= 15 is 0 Å². The number of nitriles is 1. The third-order valence-electron chi connectivity index (χ3n) is 4.02. The van der Waals surface area contributed by atoms with Gasteiger partial charge in [0.25, 0.3) is 0 Å². The lowest BCUT2D eigenvalue weighted by Gasteiger charge is -2.16. The fraction of sp³-hybridized carbons (Fsp3) is 0.833. The summed E-state index contributed by atoms with van der Waals surface area (Å²) in [5, 5.41) is 12.0. The van der Waals surface area contributed by atoms with E-state index in [4.69, 9.17) is 5.26 Å². The zero-order chi connectivity index (χ0) is 11.2. The van der Waals surface area contributed by atoms with Gasteiger partial charge in [-0.05, 0) is 32.1 Å². The van der Waals surface area contributed by atoms with E-state index in [-0.39, 0.29) is 11.9 Å². The maximum atomic E-state index is 11.9. The van der Waals surface area contributed by atoms with E-state index in [9.17, 15) is 4.79 Å². The first-order chi connectivity index (χ1) is 7.73. The number of hydrogen-bond acceptors (Lipinski definition) is 3. The van der Waals surface area contributed by atoms with Gasteiger partial charge in [0, 0.05) is 25.2 Å². The maximum Gasteiger partial charge on any atom is 0.240 e. The second-order valence-corrected chi connectivity index (χ2v) is 5.38. The molecule has 1 amide bonds. The Balaban J connectivity index is 1.52. The normalized spacial score (nSPS) is 32.1. The molecule has 1 aliphatic heterocycles. The van der Waals surface area contributed by atoms with E-state index in [0.717, 1.165) is 38.4 Å². The average Bonchev–Trinajstić information content (AvgIpc) is 3.19. The molecule has 0 spiro atoms. The molecule has 1 N–H and O–H groups in total. The van der Waals surface area contributed by atoms with Crippen LogP contribution in [0.25, 0.3) is 0 Å². The third-order valence-corrected chi connectivity index (χ3v) is 4.02. The number of carbonyl (C=O) groups is 1. The van der Waals surface area contributed by atoms with Gasteiger partial charge in [0.1, 0.15) is 5.41 Å². The molecule has 0 aromatic carbocycles. The molecule has 3 aliphatic rings. The van der Waals surface area contributed by atoms with Gasteiger partial charge in [-0.1, -0.05) is 0 Å². The van der Waals surface area contributed by atoms with Gasteiger partial charge in [0.05, 0.1) is 6.07 Å². The highest BCUT2D eigenvalue weighted by Crippen LogP contribution is 2.45. The minimum absolute atomic E-state index is 0.0300. The second-order valence-electron chi connectivity index (χ2n) is 5.38. The fourth-order valence-electron chi connectivity index (χ4n) is 2.51. The summed E-state index contributed by atoms with van der Waals surface area (Å²) in [5.41, 5.74) is -0.660. The van der Waals surface area contributed by atoms with Crippen LogP contribution in [0.5, 0.6) is 0 Å². The first-order valence-corrected chi connectivity index (χ1v) is 6.20. The fourth-order valence-corrected chi connectivity index (χ4v) is 2.51. The van der Waals surface area contributed by atoms with E-state index in [2.05, 4.69) is 16.3 Å². The Morgan fingerprint density at radius 1 is 1.38 bits per heavy atom. The predicted octanol–water partition coefficient (Wildman–Crippen LogP) is 0.643. The Kier molecular flexibility index (Phi) is 2.18. The molecule has 1 saturated heterocycles. The van der Waals surface area contributed by atoms with Crippen LogP contribution >= 0.6 is 0 Å². The molecule has 16 heavy (non-hydrogen) atoms. The van der Waals surface area contributed by atoms with E-state index < -0.39 is 5.41 Å². The van der Waals surface area contributed by atoms with E-state index in [1.807, 2.05) is 0 Å². The Morgan fingerprint density at radius 2 is 2.12 bits per heavy atom. The van der Waals surface area contributed by atoms with Crippen molar-refractivity contribution >= 4 is 5.91 Å². The molecule has 0 radical (unpaired) electrons. The maximum absolute atomic E-state index is 11.9. The molecule has 2 saturated carbocycles. The number of nitrogens with zero attached hydrogens (tertiary/aromatic N) is 2. The van der Waals surface area contributed by atoms with Crippen molar-refractivity contribution in [2.75, 3.05) is 13.1 Å². The molecule has 1 heterocycles. The largest absolute Gasteiger partial charge is 0.351 e. The van der Waals surface area contributed by atoms with Crippen molar-refractivity contribution in [3.05, 3.63) is 0 Å². The molecule has 3 rings (SSSR count). The molecule has 4 heteroatoms. The van der Waals surface area contributed by atoms with E-state index in [1.54, 1.807) is 0 Å². The lowest BCUT2D eigenvalue weighted by atomic mass is 10.1. The quantitative estimate of drug-likeness (QED) is 0.758. The molecule has 0 bridgehead atoms. The number of carbonyl (C=O) groups excluding carboxylic acids is 1. The molecule has 0 aromatic heterocycles. The van der Waals surface area contributed by atoms with Crippen LogP contribution in [0.15, 0.2) is 0 Å². The number of likely N-dealkylation sites (tertiary alicyclic amines) is 1. The predicted molar refractivity (Wildman–Crippen MR) is 58.4 cm³/mol. The third kappa shape index (κ3) is 1.69. The standard InChI is InChI=1S/C12H17N3O/c13-8-12(4-5-12)11(16)14-9-3-6-15(7-9)10-1-2-10/h9-10H,1-7H2,(H,14,16). The van der Waals surface area contributed by atoms with Crippen LogP contribution < -0.4 is 5.32 Å². The molecular formula is C12H17N3O. The number of nitrogens with one attached hydrogen (secondary N) is 1. The number of hydrogen-bond donors (Lipinski definition) is 1. The van der Waals surface area contributed by atoms with E-state index in [1.165, 1.54) is 12.8 Å². The van der Waals surface area contributed by atoms with Crippen molar-refractivity contribution in [1.82, 2.24) is 10.2 Å². The highest BCUT2D eigenvalue weighted by Gasteiger charge is 2.51. The Labute approximate surface area is 95.6 Å². The molecule has 2 aliphatic carbocycles. The summed E-state index contributed by atoms with van der Waals surface area (Å²) in [4.78, 5) is 14.3. The topological polar surface area (TPSA) is 56.1 Å². The zero-order valence-electron chi connectivity index (χ0n) is 9.41. The second kappa shape index (κ2) is 3.46. The number of rotatable bonds is 3. The summed E-state index contributed by atoms with van der Waals surface area (Å²) in [5.74, 6) is -0.0300. The van der Waals surface area contributed by atoms with Crippen LogP contribution in [0, 0.1) is 16.7 Å². The minimum Gasteiger partial charge on any atom is -0.351 e. The van der Waals surface area contributed by atoms with Crippen LogP contribution in [-0.4, -0.2) is 36.0 Å². The average molecular weight is 219 g/mol. The van der Waals surface area contributed by atoms with Crippen LogP contribution in [0.4, 0.5) is 0 Å². The summed E-state index contributed by atoms with van der Waals surface area (Å²) in [6, 6.07) is 3.21. The van der Waals surface area contributed by atoms with Gasteiger partial charge >= 0.3 is 0 Å². The lowest BCUT2D eigenvalue weighted by Crippen LogP contribution is -2.41. The lowest BCUT2D eigenvalue weighted by molar-refractivity contribution is -0.125. The monoisotopic (exact) mass is 219 g/mol. The van der Waals surface area contributed by atoms with Gasteiger partial charge < -0.3 is 5.32 Å². The zero-order valence-corrected chi connectivity index (χ0v) is 9.41. The van der Waals surface area contributed by atoms with Crippen LogP contribution in [0.3, 0.4) is 0 Å². The van der Waals surface area contributed by atoms with Crippen LogP contribution in [-0.2, 0) is 4.79 Å². The molecule has 3 fully saturated rings. The SMILES string of the molecule is N#CC1(C(=O)NC2CCN(C3CC3)C2)CC1. The van der Waals surface area contributed by atoms with Gasteiger partial charge in [-0.15, -0.1) is 0 Å². The van der Waals surface area contributed by atoms with Crippen molar-refractivity contribution in [1.29, 1.82) is 5.26 Å². The highest BCUT2D eigenvalue weighted by atomic mass is 16.2. The van der Waals surface area contributed by atoms with Gasteiger partial charge in [-0.25, -0.2) is 0 Å². The smallest absolute Gasteiger partial charge is 0.240 e. The van der Waals surface area contributed by atoms with Crippen molar-refractivity contribution in [2.45, 2.75) is 44.2 Å². The summed E-state index contributed by atoms with van der Waals surface area (Å²) in [6.07, 6.45) is 5.18. The molecule has 86 valence electrons. The summed E-state index contributed by atoms with van der Waals surface area (Å²) < 4.78 is 0. The molecule has 4 nitrogen and oxygen atoms in total. The van der Waals surface area contributed by atoms with Crippen molar-refractivity contribution in [2.24, 2.45) is 5.41 Å². The minimum atomic E-state index is -0.660. The van der Waals surface area contributed by atoms with Gasteiger partial charge in [-0.3, -0.25) is 9.69 Å². The Bertz CT molecular complexity index is 352. The molecule has 1 unspecified atom stereocenters. The van der Waals surface area contributed by atoms with Crippen molar-refractivity contribution < 1.29 is 4.79 Å². The van der Waals surface area contributed by atoms with Gasteiger partial charge in [-0.2, -0.15) is 5.26 Å². The molecule has 0 aromatic rings. The van der Waals surface area contributed by atoms with E-state index in [0.29, 0.717) is 0 Å². The number of amides is 1. The summed E-state index contributed by atoms with van der Waals surface area (Å²) in [6.45, 7) is 2.09. The van der Waals surface area contributed by atoms with Gasteiger partial charge in [0.15, 0.2) is 0 Å². The highest BCUT2D eigenvalue weighted by molar-refractivity contribution is 5.88. The van der Waals surface area contributed by atoms with Crippen LogP contribution in [0.2, 0.25) is 0 Å². The summed E-state index contributed by atoms with van der Waals surface area (Å²) >= 11 is 0. The first-order valence-electron chi connectivity index (χ1n) is 6.20. The first kappa shape index (κ1) is 10.1. The molecular weight excluding hydrogens is 202 g/mol. The Hall–Kier alpha value is -1.08. The van der Waals surface area contributed by atoms with Gasteiger partial charge in [0.2, 0.25) is 5.91 Å². The van der Waals surface area contributed by atoms with Crippen molar-refractivity contribution in [3.8, 4) is 6.07 Å². The van der Waals surface area contributed by atoms with Crippen molar-refractivity contribution in [3.63, 3.8) is 0 Å². The van der Waals surface area contributed by atoms with Crippen LogP contribution in [0.1, 0.15) is 32.1 Å². The molecule has 1 atom stereocenters. The summed E-state index contributed by atoms with van der Waals surface area (Å²) in [7, 11) is 0. The Morgan fingerprint density at radius 3 is 2.69 bits per heavy atom.